The molecule has 0 radical (unpaired) electrons. The molecule has 6 nitrogen and oxygen atoms in total. The van der Waals surface area contributed by atoms with Gasteiger partial charge >= 0.3 is 0 Å². The molecule has 2 rings (SSSR count). The second kappa shape index (κ2) is 13.2. The number of nitrogens with zero attached hydrogens (tertiary/aromatic N) is 1. The molecule has 1 aromatic rings. The summed E-state index contributed by atoms with van der Waals surface area (Å²) in [4.78, 5) is 14.1. The summed E-state index contributed by atoms with van der Waals surface area (Å²) in [5.41, 5.74) is 0.993. The third kappa shape index (κ3) is 9.28. The van der Waals surface area contributed by atoms with E-state index < -0.39 is 0 Å². The first kappa shape index (κ1) is 23.9. The first-order chi connectivity index (χ1) is 11.1. The molecule has 1 atom stereocenters. The fourth-order valence-electron chi connectivity index (χ4n) is 2.37. The molecule has 1 unspecified atom stereocenters. The standard InChI is InChI=1S/C17H27N3O3.2ClH/c1-20(2)8-10-23-16-6-4-3-5-14(16)12-19-17(21)11-15-13-22-9-7-18-15;;/h3-6,15,18H,7-13H2,1-2H3,(H,19,21);2*1H. The molecule has 1 aliphatic rings. The molecular formula is C17H29Cl2N3O3. The molecule has 0 aromatic heterocycles. The number of para-hydroxylation sites is 1. The van der Waals surface area contributed by atoms with Crippen molar-refractivity contribution in [3.05, 3.63) is 29.8 Å². The number of carbonyl (C=O) groups is 1. The summed E-state index contributed by atoms with van der Waals surface area (Å²) in [6.07, 6.45) is 0.434. The molecule has 1 fully saturated rings. The van der Waals surface area contributed by atoms with Gasteiger partial charge in [-0.3, -0.25) is 4.79 Å². The molecule has 2 N–H and O–H groups in total. The topological polar surface area (TPSA) is 62.8 Å². The lowest BCUT2D eigenvalue weighted by atomic mass is 10.1. The van der Waals surface area contributed by atoms with Crippen LogP contribution in [0.15, 0.2) is 24.3 Å². The number of benzene rings is 1. The van der Waals surface area contributed by atoms with E-state index in [1.54, 1.807) is 0 Å². The quantitative estimate of drug-likeness (QED) is 0.699. The van der Waals surface area contributed by atoms with Gasteiger partial charge in [0, 0.05) is 37.7 Å². The molecule has 1 saturated heterocycles. The molecule has 1 aliphatic heterocycles. The Morgan fingerprint density at radius 3 is 2.80 bits per heavy atom. The first-order valence-electron chi connectivity index (χ1n) is 8.08. The average Bonchev–Trinajstić information content (AvgIpc) is 2.54. The van der Waals surface area contributed by atoms with Gasteiger partial charge in [0.2, 0.25) is 5.91 Å². The molecule has 1 amide bonds. The normalized spacial score (nSPS) is 16.5. The van der Waals surface area contributed by atoms with Crippen molar-refractivity contribution in [1.29, 1.82) is 0 Å². The van der Waals surface area contributed by atoms with Crippen LogP contribution < -0.4 is 15.4 Å². The lowest BCUT2D eigenvalue weighted by molar-refractivity contribution is -0.122. The van der Waals surface area contributed by atoms with E-state index in [0.29, 0.717) is 26.2 Å². The predicted molar refractivity (Wildman–Crippen MR) is 104 cm³/mol. The fraction of sp³-hybridized carbons (Fsp3) is 0.588. The van der Waals surface area contributed by atoms with E-state index in [0.717, 1.165) is 31.0 Å². The van der Waals surface area contributed by atoms with Crippen LogP contribution >= 0.6 is 24.8 Å². The lowest BCUT2D eigenvalue weighted by Gasteiger charge is -2.23. The van der Waals surface area contributed by atoms with E-state index in [4.69, 9.17) is 9.47 Å². The maximum Gasteiger partial charge on any atom is 0.221 e. The van der Waals surface area contributed by atoms with Crippen LogP contribution in [0.4, 0.5) is 0 Å². The summed E-state index contributed by atoms with van der Waals surface area (Å²) in [5, 5.41) is 6.24. The Balaban J connectivity index is 0.00000288. The zero-order valence-corrected chi connectivity index (χ0v) is 16.5. The molecule has 0 spiro atoms. The fourth-order valence-corrected chi connectivity index (χ4v) is 2.37. The number of morpholine rings is 1. The Bertz CT molecular complexity index is 498. The van der Waals surface area contributed by atoms with Crippen LogP contribution in [0.1, 0.15) is 12.0 Å². The van der Waals surface area contributed by atoms with Crippen molar-refractivity contribution in [3.63, 3.8) is 0 Å². The number of ether oxygens (including phenoxy) is 2. The van der Waals surface area contributed by atoms with Gasteiger partial charge in [0.1, 0.15) is 12.4 Å². The molecule has 1 heterocycles. The maximum absolute atomic E-state index is 12.0. The maximum atomic E-state index is 12.0. The van der Waals surface area contributed by atoms with E-state index >= 15 is 0 Å². The van der Waals surface area contributed by atoms with E-state index in [1.807, 2.05) is 38.4 Å². The molecule has 0 aliphatic carbocycles. The van der Waals surface area contributed by atoms with Gasteiger partial charge in [-0.2, -0.15) is 0 Å². The van der Waals surface area contributed by atoms with Crippen molar-refractivity contribution in [1.82, 2.24) is 15.5 Å². The Hall–Kier alpha value is -1.05. The van der Waals surface area contributed by atoms with Crippen LogP contribution in [0, 0.1) is 0 Å². The number of carbonyl (C=O) groups excluding carboxylic acids is 1. The number of halogens is 2. The van der Waals surface area contributed by atoms with Gasteiger partial charge in [0.25, 0.3) is 0 Å². The molecule has 1 aromatic carbocycles. The monoisotopic (exact) mass is 393 g/mol. The smallest absolute Gasteiger partial charge is 0.221 e. The van der Waals surface area contributed by atoms with Gasteiger partial charge in [0.15, 0.2) is 0 Å². The molecule has 8 heteroatoms. The third-order valence-electron chi connectivity index (χ3n) is 3.67. The number of amides is 1. The zero-order chi connectivity index (χ0) is 16.5. The summed E-state index contributed by atoms with van der Waals surface area (Å²) < 4.78 is 11.2. The number of nitrogens with one attached hydrogen (secondary N) is 2. The minimum absolute atomic E-state index is 0. The average molecular weight is 394 g/mol. The molecule has 144 valence electrons. The van der Waals surface area contributed by atoms with Gasteiger partial charge in [-0.25, -0.2) is 0 Å². The SMILES string of the molecule is CN(C)CCOc1ccccc1CNC(=O)CC1COCCN1.Cl.Cl. The van der Waals surface area contributed by atoms with Crippen molar-refractivity contribution >= 4 is 30.7 Å². The minimum Gasteiger partial charge on any atom is -0.492 e. The van der Waals surface area contributed by atoms with Gasteiger partial charge in [-0.1, -0.05) is 18.2 Å². The highest BCUT2D eigenvalue weighted by molar-refractivity contribution is 5.85. The molecule has 25 heavy (non-hydrogen) atoms. The van der Waals surface area contributed by atoms with Crippen molar-refractivity contribution < 1.29 is 14.3 Å². The molecule has 0 saturated carbocycles. The highest BCUT2D eigenvalue weighted by Gasteiger charge is 2.16. The van der Waals surface area contributed by atoms with Gasteiger partial charge in [-0.15, -0.1) is 24.8 Å². The summed E-state index contributed by atoms with van der Waals surface area (Å²) in [6.45, 7) is 4.08. The molecular weight excluding hydrogens is 365 g/mol. The van der Waals surface area contributed by atoms with Crippen molar-refractivity contribution in [2.45, 2.75) is 19.0 Å². The minimum atomic E-state index is 0. The Morgan fingerprint density at radius 1 is 1.36 bits per heavy atom. The summed E-state index contributed by atoms with van der Waals surface area (Å²) in [6, 6.07) is 7.92. The number of likely N-dealkylation sites (N-methyl/N-ethyl adjacent to an activating group) is 1. The number of rotatable bonds is 8. The van der Waals surface area contributed by atoms with Crippen molar-refractivity contribution in [2.24, 2.45) is 0 Å². The largest absolute Gasteiger partial charge is 0.492 e. The van der Waals surface area contributed by atoms with E-state index in [2.05, 4.69) is 15.5 Å². The van der Waals surface area contributed by atoms with Gasteiger partial charge < -0.3 is 25.0 Å². The second-order valence-corrected chi connectivity index (χ2v) is 5.97. The Kier molecular flexibility index (Phi) is 12.6. The summed E-state index contributed by atoms with van der Waals surface area (Å²) in [5.74, 6) is 0.852. The second-order valence-electron chi connectivity index (χ2n) is 5.97. The van der Waals surface area contributed by atoms with E-state index in [-0.39, 0.29) is 36.8 Å². The van der Waals surface area contributed by atoms with Crippen molar-refractivity contribution in [2.75, 3.05) is 47.0 Å². The Labute approximate surface area is 162 Å². The van der Waals surface area contributed by atoms with Crippen LogP contribution in [0.25, 0.3) is 0 Å². The van der Waals surface area contributed by atoms with Crippen LogP contribution in [-0.2, 0) is 16.1 Å². The Morgan fingerprint density at radius 2 is 2.12 bits per heavy atom. The summed E-state index contributed by atoms with van der Waals surface area (Å²) >= 11 is 0. The van der Waals surface area contributed by atoms with Crippen LogP contribution in [0.5, 0.6) is 5.75 Å². The van der Waals surface area contributed by atoms with Gasteiger partial charge in [0.05, 0.1) is 13.2 Å². The summed E-state index contributed by atoms with van der Waals surface area (Å²) in [7, 11) is 4.02. The van der Waals surface area contributed by atoms with E-state index in [9.17, 15) is 4.79 Å². The number of hydrogen-bond acceptors (Lipinski definition) is 5. The van der Waals surface area contributed by atoms with E-state index in [1.165, 1.54) is 0 Å². The number of hydrogen-bond donors (Lipinski definition) is 2. The van der Waals surface area contributed by atoms with Crippen LogP contribution in [0.2, 0.25) is 0 Å². The lowest BCUT2D eigenvalue weighted by Crippen LogP contribution is -2.44. The van der Waals surface area contributed by atoms with Gasteiger partial charge in [-0.05, 0) is 20.2 Å². The predicted octanol–water partition coefficient (Wildman–Crippen LogP) is 1.47. The highest BCUT2D eigenvalue weighted by Crippen LogP contribution is 2.17. The first-order valence-corrected chi connectivity index (χ1v) is 8.08. The zero-order valence-electron chi connectivity index (χ0n) is 14.8. The highest BCUT2D eigenvalue weighted by atomic mass is 35.5. The van der Waals surface area contributed by atoms with Crippen LogP contribution in [-0.4, -0.2) is 63.9 Å². The third-order valence-corrected chi connectivity index (χ3v) is 3.67. The van der Waals surface area contributed by atoms with Crippen LogP contribution in [0.3, 0.4) is 0 Å². The molecule has 0 bridgehead atoms. The van der Waals surface area contributed by atoms with Crippen molar-refractivity contribution in [3.8, 4) is 5.75 Å².